The molecular weight excluding hydrogens is 1010 g/mol. The lowest BCUT2D eigenvalue weighted by atomic mass is 9.33. The molecule has 0 saturated heterocycles. The molecule has 13 rings (SSSR count). The number of hydrogen-bond acceptors (Lipinski definition) is 2. The van der Waals surface area contributed by atoms with Gasteiger partial charge in [0, 0.05) is 50.3 Å². The third-order valence-corrected chi connectivity index (χ3v) is 18.2. The molecule has 0 saturated carbocycles. The van der Waals surface area contributed by atoms with Crippen LogP contribution < -0.4 is 26.2 Å². The molecule has 3 nitrogen and oxygen atoms in total. The number of para-hydroxylation sites is 2. The van der Waals surface area contributed by atoms with Crippen LogP contribution in [0.1, 0.15) is 130 Å². The normalized spacial score (nSPS) is 13.2. The van der Waals surface area contributed by atoms with Gasteiger partial charge in [0.1, 0.15) is 0 Å². The summed E-state index contributed by atoms with van der Waals surface area (Å²) in [5.41, 5.74) is 28.9. The Hall–Kier alpha value is -8.34. The van der Waals surface area contributed by atoms with Crippen LogP contribution in [0, 0.1) is 0 Å². The zero-order valence-corrected chi connectivity index (χ0v) is 51.4. The first kappa shape index (κ1) is 54.9. The molecule has 0 N–H and O–H groups in total. The fourth-order valence-corrected chi connectivity index (χ4v) is 13.6. The summed E-state index contributed by atoms with van der Waals surface area (Å²) in [6, 6.07) is 81.8. The highest BCUT2D eigenvalue weighted by molar-refractivity contribution is 7.00. The maximum atomic E-state index is 2.81. The van der Waals surface area contributed by atoms with E-state index in [0.29, 0.717) is 0 Å². The van der Waals surface area contributed by atoms with Crippen molar-refractivity contribution in [1.29, 1.82) is 0 Å². The average molecular weight is 1090 g/mol. The number of aryl methyl sites for hydroxylation is 2. The molecule has 11 aromatic rings. The van der Waals surface area contributed by atoms with Gasteiger partial charge in [0.2, 0.25) is 0 Å². The van der Waals surface area contributed by atoms with E-state index in [2.05, 4.69) is 303 Å². The second-order valence-corrected chi connectivity index (χ2v) is 27.0. The van der Waals surface area contributed by atoms with Gasteiger partial charge in [-0.05, 0) is 163 Å². The largest absolute Gasteiger partial charge is 0.311 e. The lowest BCUT2D eigenvalue weighted by Crippen LogP contribution is -2.61. The topological polar surface area (TPSA) is 11.4 Å². The summed E-state index contributed by atoms with van der Waals surface area (Å²) in [7, 11) is 0. The van der Waals surface area contributed by atoms with Crippen LogP contribution in [0.15, 0.2) is 212 Å². The summed E-state index contributed by atoms with van der Waals surface area (Å²) in [5.74, 6) is 0. The molecule has 0 atom stereocenters. The first-order chi connectivity index (χ1) is 40.5. The van der Waals surface area contributed by atoms with Crippen molar-refractivity contribution in [2.45, 2.75) is 131 Å². The number of fused-ring (bicyclic) bond motifs is 7. The maximum Gasteiger partial charge on any atom is 0.252 e. The smallest absolute Gasteiger partial charge is 0.252 e. The third-order valence-electron chi connectivity index (χ3n) is 18.2. The van der Waals surface area contributed by atoms with E-state index in [9.17, 15) is 0 Å². The Morgan fingerprint density at radius 3 is 1.31 bits per heavy atom. The molecule has 0 fully saturated rings. The van der Waals surface area contributed by atoms with Gasteiger partial charge in [-0.3, -0.25) is 0 Å². The van der Waals surface area contributed by atoms with E-state index in [1.165, 1.54) is 134 Å². The van der Waals surface area contributed by atoms with Crippen molar-refractivity contribution in [3.05, 3.63) is 240 Å². The third kappa shape index (κ3) is 9.56. The lowest BCUT2D eigenvalue weighted by Gasteiger charge is -2.47. The van der Waals surface area contributed by atoms with Crippen LogP contribution in [0.4, 0.5) is 34.1 Å². The molecule has 418 valence electrons. The Bertz CT molecular complexity index is 4140. The Morgan fingerprint density at radius 2 is 0.810 bits per heavy atom. The summed E-state index contributed by atoms with van der Waals surface area (Å²) in [4.78, 5) is 5.53. The first-order valence-electron chi connectivity index (χ1n) is 31.1. The fourth-order valence-electron chi connectivity index (χ4n) is 13.6. The minimum atomic E-state index is -0.215. The van der Waals surface area contributed by atoms with Crippen LogP contribution in [0.5, 0.6) is 0 Å². The maximum absolute atomic E-state index is 2.81. The highest BCUT2D eigenvalue weighted by Gasteiger charge is 2.46. The Balaban J connectivity index is 1.22. The first-order valence-corrected chi connectivity index (χ1v) is 31.1. The molecule has 0 amide bonds. The monoisotopic (exact) mass is 1090 g/mol. The summed E-state index contributed by atoms with van der Waals surface area (Å²) in [6.07, 6.45) is 6.44. The highest BCUT2D eigenvalue weighted by Crippen LogP contribution is 2.54. The van der Waals surface area contributed by atoms with Crippen molar-refractivity contribution in [3.63, 3.8) is 0 Å². The molecule has 10 aromatic carbocycles. The molecule has 2 aliphatic heterocycles. The van der Waals surface area contributed by atoms with Gasteiger partial charge in [-0.25, -0.2) is 0 Å². The molecule has 1 aromatic heterocycles. The minimum absolute atomic E-state index is 0.0312. The Morgan fingerprint density at radius 1 is 0.357 bits per heavy atom. The summed E-state index contributed by atoms with van der Waals surface area (Å²) in [6.45, 7) is 26.1. The molecule has 0 unspecified atom stereocenters. The van der Waals surface area contributed by atoms with E-state index in [4.69, 9.17) is 0 Å². The van der Waals surface area contributed by atoms with Gasteiger partial charge >= 0.3 is 0 Å². The molecule has 84 heavy (non-hydrogen) atoms. The van der Waals surface area contributed by atoms with Gasteiger partial charge in [-0.2, -0.15) is 0 Å². The van der Waals surface area contributed by atoms with E-state index in [1.54, 1.807) is 0 Å². The van der Waals surface area contributed by atoms with Crippen molar-refractivity contribution in [3.8, 4) is 39.1 Å². The van der Waals surface area contributed by atoms with Crippen molar-refractivity contribution in [2.24, 2.45) is 0 Å². The lowest BCUT2D eigenvalue weighted by molar-refractivity contribution is 0.587. The van der Waals surface area contributed by atoms with Gasteiger partial charge in [-0.15, -0.1) is 0 Å². The van der Waals surface area contributed by atoms with Crippen molar-refractivity contribution >= 4 is 79.0 Å². The number of hydrogen-bond donors (Lipinski definition) is 0. The van der Waals surface area contributed by atoms with Crippen LogP contribution in [0.3, 0.4) is 0 Å². The van der Waals surface area contributed by atoms with Crippen LogP contribution in [-0.2, 0) is 29.1 Å². The van der Waals surface area contributed by atoms with E-state index in [1.807, 2.05) is 0 Å². The predicted molar refractivity (Wildman–Crippen MR) is 364 cm³/mol. The van der Waals surface area contributed by atoms with Gasteiger partial charge in [0.25, 0.3) is 6.71 Å². The molecule has 0 bridgehead atoms. The van der Waals surface area contributed by atoms with Gasteiger partial charge in [0.15, 0.2) is 0 Å². The number of unbranched alkanes of at least 4 members (excludes halogenated alkanes) is 2. The molecule has 0 radical (unpaired) electrons. The van der Waals surface area contributed by atoms with Gasteiger partial charge in [0.05, 0.1) is 22.4 Å². The van der Waals surface area contributed by atoms with E-state index in [0.717, 1.165) is 44.2 Å². The van der Waals surface area contributed by atoms with Crippen molar-refractivity contribution in [2.75, 3.05) is 9.80 Å². The summed E-state index contributed by atoms with van der Waals surface area (Å²) in [5, 5.41) is 2.54. The summed E-state index contributed by atoms with van der Waals surface area (Å²) < 4.78 is 2.52. The summed E-state index contributed by atoms with van der Waals surface area (Å²) >= 11 is 0. The number of benzene rings is 10. The van der Waals surface area contributed by atoms with Crippen molar-refractivity contribution in [1.82, 2.24) is 4.57 Å². The minimum Gasteiger partial charge on any atom is -0.311 e. The molecular formula is C80H80BN3. The van der Waals surface area contributed by atoms with E-state index >= 15 is 0 Å². The van der Waals surface area contributed by atoms with Gasteiger partial charge in [-0.1, -0.05) is 247 Å². The number of rotatable bonds is 12. The van der Waals surface area contributed by atoms with Crippen LogP contribution in [-0.4, -0.2) is 11.3 Å². The number of anilines is 6. The van der Waals surface area contributed by atoms with Crippen LogP contribution >= 0.6 is 0 Å². The van der Waals surface area contributed by atoms with E-state index < -0.39 is 0 Å². The zero-order valence-electron chi connectivity index (χ0n) is 51.4. The predicted octanol–water partition coefficient (Wildman–Crippen LogP) is 20.4. The average Bonchev–Trinajstić information content (AvgIpc) is 0.882. The standard InChI is InChI=1S/C80H80BN3/c1-12-14-29-57-45-59(78(3,4)5)46-58(30-15-13-2)76(57)84-72-52-62(82-69-39-27-25-37-63(69)64-38-26-28-40-70(64)82)42-43-67(72)81-68-47-56(53-31-19-16-20-32-53)41-44-71(68)83(73-50-61(80(9,10)11)51-74(84)75(73)81)77-65(54-33-21-17-22-34-54)48-60(79(6,7)8)49-66(77)55-35-23-18-24-36-55/h16-28,31-52H,12-15,29-30H2,1-11H3. The number of nitrogens with zero attached hydrogens (tertiary/aromatic N) is 3. The Labute approximate surface area is 500 Å². The highest BCUT2D eigenvalue weighted by atomic mass is 15.2. The molecule has 3 heterocycles. The molecule has 0 aliphatic carbocycles. The van der Waals surface area contributed by atoms with Crippen molar-refractivity contribution < 1.29 is 0 Å². The quantitative estimate of drug-likeness (QED) is 0.113. The zero-order chi connectivity index (χ0) is 58.2. The fraction of sp³-hybridized carbons (Fsp3) is 0.250. The van der Waals surface area contributed by atoms with Crippen LogP contribution in [0.2, 0.25) is 0 Å². The van der Waals surface area contributed by atoms with Crippen LogP contribution in [0.25, 0.3) is 60.9 Å². The number of aromatic nitrogens is 1. The van der Waals surface area contributed by atoms with Gasteiger partial charge < -0.3 is 14.4 Å². The molecule has 2 aliphatic rings. The van der Waals surface area contributed by atoms with E-state index in [-0.39, 0.29) is 23.0 Å². The molecule has 0 spiro atoms. The molecule has 4 heteroatoms. The Kier molecular flexibility index (Phi) is 14.0. The second-order valence-electron chi connectivity index (χ2n) is 27.0. The SMILES string of the molecule is CCCCc1cc(C(C)(C)C)cc(CCCC)c1N1c2cc(-n3c4ccccc4c4ccccc43)ccc2B2c3cc(-c4ccccc4)ccc3N(c3c(-c4ccccc4)cc(C(C)(C)C)cc3-c3ccccc3)c3cc(C(C)(C)C)cc1c32. The second kappa shape index (κ2) is 21.4.